The fraction of sp³-hybridized carbons (Fsp3) is 0.500. The molecule has 24 heavy (non-hydrogen) atoms. The molecule has 0 aromatic heterocycles. The predicted molar refractivity (Wildman–Crippen MR) is 90.9 cm³/mol. The van der Waals surface area contributed by atoms with Crippen molar-refractivity contribution in [2.45, 2.75) is 39.5 Å². The lowest BCUT2D eigenvalue weighted by Crippen LogP contribution is -2.41. The van der Waals surface area contributed by atoms with Gasteiger partial charge in [-0.3, -0.25) is 14.4 Å². The number of benzene rings is 1. The van der Waals surface area contributed by atoms with Gasteiger partial charge in [0.05, 0.1) is 5.41 Å². The summed E-state index contributed by atoms with van der Waals surface area (Å²) in [7, 11) is 0. The van der Waals surface area contributed by atoms with Crippen LogP contribution >= 0.6 is 0 Å². The average Bonchev–Trinajstić information content (AvgIpc) is 2.52. The number of amides is 2. The van der Waals surface area contributed by atoms with Crippen LogP contribution in [-0.4, -0.2) is 40.9 Å². The number of carboxylic acid groups (broad SMARTS) is 1. The van der Waals surface area contributed by atoms with Crippen molar-refractivity contribution in [1.82, 2.24) is 4.90 Å². The lowest BCUT2D eigenvalue weighted by molar-refractivity contribution is -0.157. The molecule has 2 N–H and O–H groups in total. The van der Waals surface area contributed by atoms with Crippen molar-refractivity contribution in [1.29, 1.82) is 0 Å². The first-order chi connectivity index (χ1) is 11.4. The lowest BCUT2D eigenvalue weighted by Gasteiger charge is -2.36. The van der Waals surface area contributed by atoms with E-state index in [9.17, 15) is 19.5 Å². The second-order valence-corrected chi connectivity index (χ2v) is 6.22. The van der Waals surface area contributed by atoms with E-state index < -0.39 is 11.4 Å². The Balaban J connectivity index is 1.97. The van der Waals surface area contributed by atoms with Gasteiger partial charge in [-0.1, -0.05) is 6.42 Å². The molecule has 1 aliphatic carbocycles. The van der Waals surface area contributed by atoms with Crippen molar-refractivity contribution in [2.24, 2.45) is 5.41 Å². The number of carbonyl (C=O) groups is 3. The van der Waals surface area contributed by atoms with Crippen LogP contribution in [0.1, 0.15) is 49.9 Å². The lowest BCUT2D eigenvalue weighted by atomic mass is 9.66. The van der Waals surface area contributed by atoms with Gasteiger partial charge in [0.15, 0.2) is 0 Å². The second kappa shape index (κ2) is 7.47. The number of nitrogens with one attached hydrogen (secondary N) is 1. The molecular formula is C18H24N2O4. The van der Waals surface area contributed by atoms with E-state index in [4.69, 9.17) is 0 Å². The third-order valence-corrected chi connectivity index (χ3v) is 4.73. The smallest absolute Gasteiger partial charge is 0.310 e. The summed E-state index contributed by atoms with van der Waals surface area (Å²) >= 11 is 0. The maximum absolute atomic E-state index is 12.2. The summed E-state index contributed by atoms with van der Waals surface area (Å²) in [5, 5.41) is 12.0. The molecule has 1 aliphatic rings. The summed E-state index contributed by atoms with van der Waals surface area (Å²) in [5.41, 5.74) is 0.233. The molecule has 1 saturated carbocycles. The number of carbonyl (C=O) groups excluding carboxylic acids is 2. The van der Waals surface area contributed by atoms with Crippen LogP contribution < -0.4 is 5.32 Å². The topological polar surface area (TPSA) is 86.7 Å². The molecule has 0 bridgehead atoms. The van der Waals surface area contributed by atoms with Gasteiger partial charge >= 0.3 is 5.97 Å². The maximum atomic E-state index is 12.2. The van der Waals surface area contributed by atoms with Crippen molar-refractivity contribution in [3.05, 3.63) is 29.8 Å². The maximum Gasteiger partial charge on any atom is 0.310 e. The van der Waals surface area contributed by atoms with Crippen molar-refractivity contribution in [3.63, 3.8) is 0 Å². The summed E-state index contributed by atoms with van der Waals surface area (Å²) in [6.07, 6.45) is 1.93. The van der Waals surface area contributed by atoms with Crippen LogP contribution in [-0.2, 0) is 9.59 Å². The van der Waals surface area contributed by atoms with Crippen LogP contribution in [0.2, 0.25) is 0 Å². The third-order valence-electron chi connectivity index (χ3n) is 4.73. The number of rotatable bonds is 7. The van der Waals surface area contributed by atoms with E-state index in [1.807, 2.05) is 13.8 Å². The van der Waals surface area contributed by atoms with Gasteiger partial charge < -0.3 is 15.3 Å². The molecule has 1 aromatic carbocycles. The van der Waals surface area contributed by atoms with Crippen LogP contribution in [0.4, 0.5) is 5.69 Å². The molecule has 2 rings (SSSR count). The van der Waals surface area contributed by atoms with Crippen molar-refractivity contribution < 1.29 is 19.5 Å². The first-order valence-electron chi connectivity index (χ1n) is 8.34. The number of nitrogens with zero attached hydrogens (tertiary/aromatic N) is 1. The molecule has 0 atom stereocenters. The van der Waals surface area contributed by atoms with Gasteiger partial charge in [-0.25, -0.2) is 0 Å². The van der Waals surface area contributed by atoms with Gasteiger partial charge in [-0.2, -0.15) is 0 Å². The number of hydrogen-bond acceptors (Lipinski definition) is 3. The molecule has 0 aliphatic heterocycles. The van der Waals surface area contributed by atoms with Crippen molar-refractivity contribution in [3.8, 4) is 0 Å². The zero-order valence-corrected chi connectivity index (χ0v) is 14.2. The van der Waals surface area contributed by atoms with Gasteiger partial charge in [0, 0.05) is 30.8 Å². The fourth-order valence-corrected chi connectivity index (χ4v) is 2.97. The summed E-state index contributed by atoms with van der Waals surface area (Å²) < 4.78 is 0. The highest BCUT2D eigenvalue weighted by molar-refractivity contribution is 5.97. The minimum Gasteiger partial charge on any atom is -0.481 e. The van der Waals surface area contributed by atoms with Crippen LogP contribution in [0.5, 0.6) is 0 Å². The first kappa shape index (κ1) is 18.0. The molecular weight excluding hydrogens is 308 g/mol. The molecule has 2 amide bonds. The molecule has 1 aromatic rings. The molecule has 0 spiro atoms. The zero-order valence-electron chi connectivity index (χ0n) is 14.2. The van der Waals surface area contributed by atoms with E-state index in [0.29, 0.717) is 37.2 Å². The highest BCUT2D eigenvalue weighted by Gasteiger charge is 2.45. The summed E-state index contributed by atoms with van der Waals surface area (Å²) in [6.45, 7) is 5.14. The van der Waals surface area contributed by atoms with E-state index in [2.05, 4.69) is 5.32 Å². The van der Waals surface area contributed by atoms with Gasteiger partial charge in [-0.15, -0.1) is 0 Å². The Morgan fingerprint density at radius 3 is 2.12 bits per heavy atom. The summed E-state index contributed by atoms with van der Waals surface area (Å²) in [6, 6.07) is 6.69. The standard InChI is InChI=1S/C18H24N2O4/c1-3-20(4-2)16(22)13-6-8-14(9-7-13)19-15(21)12-18(17(23)24)10-5-11-18/h6-9H,3-5,10-12H2,1-2H3,(H,19,21)(H,23,24). The van der Waals surface area contributed by atoms with E-state index in [1.54, 1.807) is 29.2 Å². The largest absolute Gasteiger partial charge is 0.481 e. The molecule has 1 fully saturated rings. The molecule has 0 radical (unpaired) electrons. The SMILES string of the molecule is CCN(CC)C(=O)c1ccc(NC(=O)CC2(C(=O)O)CCC2)cc1. The summed E-state index contributed by atoms with van der Waals surface area (Å²) in [5.74, 6) is -1.25. The van der Waals surface area contributed by atoms with Crippen molar-refractivity contribution >= 4 is 23.5 Å². The molecule has 0 unspecified atom stereocenters. The first-order valence-corrected chi connectivity index (χ1v) is 8.34. The van der Waals surface area contributed by atoms with E-state index in [0.717, 1.165) is 6.42 Å². The van der Waals surface area contributed by atoms with E-state index >= 15 is 0 Å². The number of aliphatic carboxylic acids is 1. The van der Waals surface area contributed by atoms with Crippen molar-refractivity contribution in [2.75, 3.05) is 18.4 Å². The quantitative estimate of drug-likeness (QED) is 0.804. The minimum absolute atomic E-state index is 0.0114. The Morgan fingerprint density at radius 2 is 1.71 bits per heavy atom. The third kappa shape index (κ3) is 3.75. The van der Waals surface area contributed by atoms with E-state index in [1.165, 1.54) is 0 Å². The van der Waals surface area contributed by atoms with Gasteiger partial charge in [-0.05, 0) is 51.0 Å². The van der Waals surface area contributed by atoms with Crippen LogP contribution in [0.3, 0.4) is 0 Å². The number of anilines is 1. The van der Waals surface area contributed by atoms with Gasteiger partial charge in [0.25, 0.3) is 5.91 Å². The van der Waals surface area contributed by atoms with Crippen LogP contribution in [0, 0.1) is 5.41 Å². The monoisotopic (exact) mass is 332 g/mol. The van der Waals surface area contributed by atoms with Gasteiger partial charge in [0.1, 0.15) is 0 Å². The predicted octanol–water partition coefficient (Wildman–Crippen LogP) is 2.75. The van der Waals surface area contributed by atoms with Gasteiger partial charge in [0.2, 0.25) is 5.91 Å². The number of hydrogen-bond donors (Lipinski definition) is 2. The molecule has 6 nitrogen and oxygen atoms in total. The molecule has 0 heterocycles. The van der Waals surface area contributed by atoms with E-state index in [-0.39, 0.29) is 18.2 Å². The van der Waals surface area contributed by atoms with Crippen LogP contribution in [0.25, 0.3) is 0 Å². The van der Waals surface area contributed by atoms with Crippen LogP contribution in [0.15, 0.2) is 24.3 Å². The second-order valence-electron chi connectivity index (χ2n) is 6.22. The highest BCUT2D eigenvalue weighted by Crippen LogP contribution is 2.44. The Hall–Kier alpha value is -2.37. The highest BCUT2D eigenvalue weighted by atomic mass is 16.4. The number of carboxylic acids is 1. The fourth-order valence-electron chi connectivity index (χ4n) is 2.97. The Bertz CT molecular complexity index is 616. The Morgan fingerprint density at radius 1 is 1.12 bits per heavy atom. The molecule has 130 valence electrons. The zero-order chi connectivity index (χ0) is 17.7. The molecule has 6 heteroatoms. The molecule has 0 saturated heterocycles. The minimum atomic E-state index is -0.900. The summed E-state index contributed by atoms with van der Waals surface area (Å²) in [4.78, 5) is 37.4. The normalized spacial score (nSPS) is 15.2. The Labute approximate surface area is 141 Å². The Kier molecular flexibility index (Phi) is 5.59. The average molecular weight is 332 g/mol.